The molecule has 0 radical (unpaired) electrons. The molecule has 1 aliphatic rings. The van der Waals surface area contributed by atoms with E-state index in [1.165, 1.54) is 18.2 Å². The van der Waals surface area contributed by atoms with Crippen LogP contribution in [0.3, 0.4) is 0 Å². The lowest BCUT2D eigenvalue weighted by molar-refractivity contribution is -0.129. The fraction of sp³-hybridized carbons (Fsp3) is 0.209. The van der Waals surface area contributed by atoms with Gasteiger partial charge in [0.05, 0.1) is 70.1 Å². The van der Waals surface area contributed by atoms with Crippen LogP contribution in [0, 0.1) is 24.5 Å². The van der Waals surface area contributed by atoms with Crippen molar-refractivity contribution >= 4 is 29.0 Å². The van der Waals surface area contributed by atoms with Gasteiger partial charge in [-0.05, 0) is 90.5 Å². The molecule has 0 bridgehead atoms. The summed E-state index contributed by atoms with van der Waals surface area (Å²) in [7, 11) is 3.21. The first kappa shape index (κ1) is 41.6. The van der Waals surface area contributed by atoms with E-state index in [1.807, 2.05) is 72.8 Å². The molecule has 12 nitrogen and oxygen atoms in total. The Morgan fingerprint density at radius 2 is 1.31 bits per heavy atom. The molecule has 5 rings (SSSR count). The van der Waals surface area contributed by atoms with Gasteiger partial charge in [0.25, 0.3) is 11.6 Å². The minimum absolute atomic E-state index is 0.309. The Hall–Kier alpha value is -7.57. The van der Waals surface area contributed by atoms with Crippen LogP contribution in [0.15, 0.2) is 136 Å². The Labute approximate surface area is 333 Å². The van der Waals surface area contributed by atoms with Crippen LogP contribution in [0.1, 0.15) is 5.56 Å². The molecule has 0 N–H and O–H groups in total. The van der Waals surface area contributed by atoms with E-state index in [1.54, 1.807) is 38.5 Å². The number of nitriles is 1. The molecule has 0 saturated heterocycles. The van der Waals surface area contributed by atoms with Crippen molar-refractivity contribution < 1.29 is 36.9 Å². The summed E-state index contributed by atoms with van der Waals surface area (Å²) in [5.41, 5.74) is 0.519. The summed E-state index contributed by atoms with van der Waals surface area (Å²) >= 11 is 0. The van der Waals surface area contributed by atoms with E-state index in [0.29, 0.717) is 48.1 Å². The zero-order chi connectivity index (χ0) is 41.5. The average Bonchev–Trinajstić information content (AvgIpc) is 3.51. The molecular formula is C43H36F3N7O5. The zero-order valence-corrected chi connectivity index (χ0v) is 31.4. The minimum atomic E-state index is -3.95. The van der Waals surface area contributed by atoms with Crippen molar-refractivity contribution in [3.05, 3.63) is 154 Å². The summed E-state index contributed by atoms with van der Waals surface area (Å²) in [6.45, 7) is 13.3. The number of methoxy groups -OCH3 is 2. The lowest BCUT2D eigenvalue weighted by Gasteiger charge is -2.25. The van der Waals surface area contributed by atoms with Gasteiger partial charge in [0, 0.05) is 11.3 Å². The topological polar surface area (TPSA) is 118 Å². The SMILES string of the molecule is [C-]#[N+]C1=C(/C=C/c2ccc(N=Nc3ccc(N(CCOc4ccc(OC)cc4)CCOc4ccc(OC)cc4)cc3)cc2)C(=O)N(CC(F)(F)CF)/C1=C(\C#N)[N+]#[C-]. The highest BCUT2D eigenvalue weighted by atomic mass is 19.3. The van der Waals surface area contributed by atoms with E-state index in [2.05, 4.69) is 24.8 Å². The number of anilines is 1. The van der Waals surface area contributed by atoms with Crippen LogP contribution in [0.5, 0.6) is 23.0 Å². The number of benzene rings is 4. The molecule has 0 fully saturated rings. The number of ether oxygens (including phenoxy) is 4. The second-order valence-electron chi connectivity index (χ2n) is 12.4. The third-order valence-electron chi connectivity index (χ3n) is 8.57. The number of carbonyl (C=O) groups is 1. The lowest BCUT2D eigenvalue weighted by Crippen LogP contribution is -2.39. The summed E-state index contributed by atoms with van der Waals surface area (Å²) in [6.07, 6.45) is 2.70. The van der Waals surface area contributed by atoms with Crippen LogP contribution in [0.25, 0.3) is 15.8 Å². The van der Waals surface area contributed by atoms with Gasteiger partial charge in [-0.15, -0.1) is 0 Å². The van der Waals surface area contributed by atoms with Crippen molar-refractivity contribution in [2.75, 3.05) is 58.6 Å². The first-order valence-electron chi connectivity index (χ1n) is 17.6. The zero-order valence-electron chi connectivity index (χ0n) is 31.4. The Balaban J connectivity index is 1.25. The van der Waals surface area contributed by atoms with Crippen LogP contribution in [-0.2, 0) is 4.79 Å². The van der Waals surface area contributed by atoms with Crippen molar-refractivity contribution in [3.8, 4) is 29.1 Å². The van der Waals surface area contributed by atoms with Crippen LogP contribution < -0.4 is 23.8 Å². The fourth-order valence-corrected chi connectivity index (χ4v) is 5.60. The second kappa shape index (κ2) is 19.8. The number of carbonyl (C=O) groups excluding carboxylic acids is 1. The normalized spacial score (nSPS) is 13.6. The van der Waals surface area contributed by atoms with Crippen LogP contribution >= 0.6 is 0 Å². The Kier molecular flexibility index (Phi) is 14.2. The summed E-state index contributed by atoms with van der Waals surface area (Å²) in [5, 5.41) is 18.0. The highest BCUT2D eigenvalue weighted by molar-refractivity contribution is 6.04. The molecule has 0 aliphatic carbocycles. The van der Waals surface area contributed by atoms with Gasteiger partial charge in [-0.2, -0.15) is 10.2 Å². The molecule has 294 valence electrons. The molecule has 15 heteroatoms. The molecule has 1 aliphatic heterocycles. The molecule has 0 spiro atoms. The van der Waals surface area contributed by atoms with Crippen molar-refractivity contribution in [2.45, 2.75) is 5.92 Å². The van der Waals surface area contributed by atoms with Crippen LogP contribution in [0.4, 0.5) is 30.2 Å². The number of alkyl halides is 3. The number of hydrogen-bond donors (Lipinski definition) is 0. The van der Waals surface area contributed by atoms with E-state index in [0.717, 1.165) is 28.7 Å². The third-order valence-corrected chi connectivity index (χ3v) is 8.57. The summed E-state index contributed by atoms with van der Waals surface area (Å²) in [4.78, 5) is 21.9. The van der Waals surface area contributed by atoms with Gasteiger partial charge < -0.3 is 28.7 Å². The van der Waals surface area contributed by atoms with Gasteiger partial charge in [0.1, 0.15) is 36.2 Å². The summed E-state index contributed by atoms with van der Waals surface area (Å²) in [6, 6.07) is 30.4. The molecular weight excluding hydrogens is 752 g/mol. The second-order valence-corrected chi connectivity index (χ2v) is 12.4. The lowest BCUT2D eigenvalue weighted by atomic mass is 10.1. The van der Waals surface area contributed by atoms with E-state index < -0.39 is 42.1 Å². The number of hydrogen-bond acceptors (Lipinski definition) is 9. The molecule has 1 amide bonds. The number of nitrogens with zero attached hydrogens (tertiary/aromatic N) is 7. The van der Waals surface area contributed by atoms with Gasteiger partial charge in [0.2, 0.25) is 11.6 Å². The summed E-state index contributed by atoms with van der Waals surface area (Å²) < 4.78 is 63.4. The first-order valence-corrected chi connectivity index (χ1v) is 17.6. The number of azo groups is 1. The maximum Gasteiger partial charge on any atom is 0.293 e. The standard InChI is InChI=1S/C43H36F3N7O5/c1-48-39(27-47)41-40(49-2)38(42(54)53(41)29-43(45,46)28-44)22-7-30-5-8-31(9-6-30)50-51-32-10-12-33(13-11-32)52(23-25-57-36-18-14-34(55-3)15-19-36)24-26-58-37-20-16-35(56-4)17-21-37/h5-22H,23-26,28-29H2,3-4H3/b22-7+,41-39+,51-50?. The first-order chi connectivity index (χ1) is 28.1. The minimum Gasteiger partial charge on any atom is -0.497 e. The van der Waals surface area contributed by atoms with Crippen LogP contribution in [0.2, 0.25) is 0 Å². The van der Waals surface area contributed by atoms with E-state index in [9.17, 15) is 23.2 Å². The number of amides is 1. The van der Waals surface area contributed by atoms with Gasteiger partial charge >= 0.3 is 0 Å². The van der Waals surface area contributed by atoms with Crippen molar-refractivity contribution in [1.82, 2.24) is 4.90 Å². The number of halogens is 3. The largest absolute Gasteiger partial charge is 0.497 e. The molecule has 4 aromatic rings. The molecule has 0 saturated carbocycles. The van der Waals surface area contributed by atoms with Gasteiger partial charge in [-0.1, -0.05) is 24.3 Å². The van der Waals surface area contributed by atoms with E-state index in [4.69, 9.17) is 32.1 Å². The highest BCUT2D eigenvalue weighted by Gasteiger charge is 2.42. The average molecular weight is 788 g/mol. The molecule has 0 atom stereocenters. The molecule has 4 aromatic carbocycles. The molecule has 1 heterocycles. The molecule has 0 aromatic heterocycles. The predicted octanol–water partition coefficient (Wildman–Crippen LogP) is 9.37. The van der Waals surface area contributed by atoms with Crippen molar-refractivity contribution in [2.24, 2.45) is 10.2 Å². The van der Waals surface area contributed by atoms with Gasteiger partial charge in [-0.25, -0.2) is 28.1 Å². The highest BCUT2D eigenvalue weighted by Crippen LogP contribution is 2.36. The number of rotatable bonds is 18. The molecule has 0 unspecified atom stereocenters. The maximum atomic E-state index is 14.0. The fourth-order valence-electron chi connectivity index (χ4n) is 5.60. The van der Waals surface area contributed by atoms with Gasteiger partial charge in [0.15, 0.2) is 6.67 Å². The monoisotopic (exact) mass is 787 g/mol. The van der Waals surface area contributed by atoms with Crippen molar-refractivity contribution in [1.29, 1.82) is 5.26 Å². The quantitative estimate of drug-likeness (QED) is 0.0561. The van der Waals surface area contributed by atoms with Crippen LogP contribution in [-0.4, -0.2) is 70.5 Å². The van der Waals surface area contributed by atoms with E-state index >= 15 is 0 Å². The predicted molar refractivity (Wildman–Crippen MR) is 211 cm³/mol. The van der Waals surface area contributed by atoms with Crippen molar-refractivity contribution in [3.63, 3.8) is 0 Å². The Morgan fingerprint density at radius 3 is 1.76 bits per heavy atom. The smallest absolute Gasteiger partial charge is 0.293 e. The molecule has 58 heavy (non-hydrogen) atoms. The third kappa shape index (κ3) is 10.8. The summed E-state index contributed by atoms with van der Waals surface area (Å²) in [5.74, 6) is -2.09. The Bertz CT molecular complexity index is 2240. The maximum absolute atomic E-state index is 14.0. The van der Waals surface area contributed by atoms with E-state index in [-0.39, 0.29) is 5.57 Å². The van der Waals surface area contributed by atoms with Gasteiger partial charge in [-0.3, -0.25) is 4.79 Å². The Morgan fingerprint density at radius 1 is 0.810 bits per heavy atom. The number of allylic oxidation sites excluding steroid dienone is 1.